The van der Waals surface area contributed by atoms with Crippen LogP contribution in [0.25, 0.3) is 11.1 Å². The van der Waals surface area contributed by atoms with Crippen molar-refractivity contribution in [3.8, 4) is 11.1 Å². The lowest BCUT2D eigenvalue weighted by Crippen LogP contribution is -2.30. The van der Waals surface area contributed by atoms with Crippen LogP contribution in [0.5, 0.6) is 0 Å². The quantitative estimate of drug-likeness (QED) is 0.873. The maximum Gasteiger partial charge on any atom is 0.414 e. The molecule has 2 aliphatic heterocycles. The number of fused-ring (bicyclic) bond motifs is 4. The molecule has 1 saturated heterocycles. The van der Waals surface area contributed by atoms with Crippen molar-refractivity contribution in [1.29, 1.82) is 0 Å². The summed E-state index contributed by atoms with van der Waals surface area (Å²) < 4.78 is 5.69. The van der Waals surface area contributed by atoms with Crippen molar-refractivity contribution >= 4 is 6.09 Å². The van der Waals surface area contributed by atoms with Gasteiger partial charge in [-0.1, -0.05) is 48.5 Å². The van der Waals surface area contributed by atoms with Crippen LogP contribution in [0.2, 0.25) is 0 Å². The second-order valence-corrected chi connectivity index (χ2v) is 7.01. The summed E-state index contributed by atoms with van der Waals surface area (Å²) in [6, 6.07) is 16.6. The molecule has 1 atom stereocenters. The van der Waals surface area contributed by atoms with Crippen molar-refractivity contribution in [1.82, 2.24) is 10.2 Å². The van der Waals surface area contributed by atoms with Gasteiger partial charge in [-0.3, -0.25) is 4.90 Å². The van der Waals surface area contributed by atoms with Crippen LogP contribution in [0.4, 0.5) is 4.79 Å². The molecule has 132 valence electrons. The SMILES string of the molecule is O=C(OCC1c2ccccc2-c2ccccc21)N1CC[C@H]2NCC(O)=C21. The molecule has 0 spiro atoms. The molecule has 1 amide bonds. The molecule has 2 aromatic rings. The number of hydrogen-bond donors (Lipinski definition) is 2. The number of nitrogens with one attached hydrogen (secondary N) is 1. The first-order valence-corrected chi connectivity index (χ1v) is 9.02. The molecule has 26 heavy (non-hydrogen) atoms. The van der Waals surface area contributed by atoms with Crippen LogP contribution in [0.1, 0.15) is 23.5 Å². The summed E-state index contributed by atoms with van der Waals surface area (Å²) in [6.07, 6.45) is 0.434. The van der Waals surface area contributed by atoms with E-state index >= 15 is 0 Å². The van der Waals surface area contributed by atoms with Crippen LogP contribution in [0.15, 0.2) is 60.0 Å². The zero-order chi connectivity index (χ0) is 17.7. The molecule has 3 aliphatic rings. The Balaban J connectivity index is 1.38. The average molecular weight is 348 g/mol. The number of aliphatic hydroxyl groups excluding tert-OH is 1. The van der Waals surface area contributed by atoms with Crippen LogP contribution in [0.3, 0.4) is 0 Å². The Hall–Kier alpha value is -2.79. The topological polar surface area (TPSA) is 61.8 Å². The van der Waals surface area contributed by atoms with Crippen molar-refractivity contribution < 1.29 is 14.6 Å². The van der Waals surface area contributed by atoms with Crippen LogP contribution in [-0.4, -0.2) is 41.8 Å². The highest BCUT2D eigenvalue weighted by Gasteiger charge is 2.39. The molecule has 2 N–H and O–H groups in total. The first-order valence-electron chi connectivity index (χ1n) is 9.02. The molecule has 0 unspecified atom stereocenters. The van der Waals surface area contributed by atoms with E-state index in [1.807, 2.05) is 24.3 Å². The molecule has 5 rings (SSSR count). The van der Waals surface area contributed by atoms with Crippen molar-refractivity contribution in [2.75, 3.05) is 19.7 Å². The lowest BCUT2D eigenvalue weighted by Gasteiger charge is -2.20. The number of hydrogen-bond acceptors (Lipinski definition) is 4. The summed E-state index contributed by atoms with van der Waals surface area (Å²) >= 11 is 0. The number of nitrogens with zero attached hydrogens (tertiary/aromatic N) is 1. The van der Waals surface area contributed by atoms with Gasteiger partial charge in [-0.25, -0.2) is 4.79 Å². The van der Waals surface area contributed by atoms with Gasteiger partial charge in [0.15, 0.2) is 0 Å². The molecule has 0 aromatic heterocycles. The zero-order valence-electron chi connectivity index (χ0n) is 14.3. The number of carbonyl (C=O) groups excluding carboxylic acids is 1. The van der Waals surface area contributed by atoms with E-state index in [9.17, 15) is 9.90 Å². The van der Waals surface area contributed by atoms with E-state index in [0.29, 0.717) is 25.4 Å². The van der Waals surface area contributed by atoms with Crippen LogP contribution < -0.4 is 5.32 Å². The molecule has 2 heterocycles. The average Bonchev–Trinajstić information content (AvgIpc) is 3.34. The third-order valence-electron chi connectivity index (χ3n) is 5.63. The molecule has 5 nitrogen and oxygen atoms in total. The summed E-state index contributed by atoms with van der Waals surface area (Å²) in [5, 5.41) is 13.2. The molecule has 0 saturated carbocycles. The standard InChI is InChI=1S/C21H20N2O3/c24-19-11-22-18-9-10-23(20(18)19)21(25)26-12-17-15-7-3-1-5-13(15)14-6-2-4-8-16(14)17/h1-8,17-18,22,24H,9-12H2/t18-/m1/s1. The predicted octanol–water partition coefficient (Wildman–Crippen LogP) is 3.38. The molecule has 5 heteroatoms. The zero-order valence-corrected chi connectivity index (χ0v) is 14.3. The van der Waals surface area contributed by atoms with Gasteiger partial charge in [0.25, 0.3) is 0 Å². The molecule has 0 radical (unpaired) electrons. The maximum atomic E-state index is 12.6. The first kappa shape index (κ1) is 15.5. The minimum atomic E-state index is -0.375. The molecule has 1 fully saturated rings. The third kappa shape index (κ3) is 2.24. The minimum Gasteiger partial charge on any atom is -0.509 e. The van der Waals surface area contributed by atoms with Crippen LogP contribution >= 0.6 is 0 Å². The highest BCUT2D eigenvalue weighted by atomic mass is 16.6. The summed E-state index contributed by atoms with van der Waals surface area (Å²) in [4.78, 5) is 14.2. The van der Waals surface area contributed by atoms with Gasteiger partial charge in [-0.2, -0.15) is 0 Å². The normalized spacial score (nSPS) is 20.9. The van der Waals surface area contributed by atoms with E-state index in [1.165, 1.54) is 22.3 Å². The molecule has 2 aromatic carbocycles. The molecule has 0 bridgehead atoms. The lowest BCUT2D eigenvalue weighted by atomic mass is 9.98. The highest BCUT2D eigenvalue weighted by Crippen LogP contribution is 2.44. The van der Waals surface area contributed by atoms with Gasteiger partial charge in [0.2, 0.25) is 0 Å². The fourth-order valence-corrected chi connectivity index (χ4v) is 4.43. The van der Waals surface area contributed by atoms with Crippen molar-refractivity contribution in [3.63, 3.8) is 0 Å². The van der Waals surface area contributed by atoms with Gasteiger partial charge in [-0.15, -0.1) is 0 Å². The Bertz CT molecular complexity index is 875. The van der Waals surface area contributed by atoms with Gasteiger partial charge in [0.05, 0.1) is 18.3 Å². The number of aliphatic hydroxyl groups is 1. The number of ether oxygens (including phenoxy) is 1. The second kappa shape index (κ2) is 5.88. The van der Waals surface area contributed by atoms with Gasteiger partial charge in [0, 0.05) is 12.5 Å². The van der Waals surface area contributed by atoms with E-state index in [4.69, 9.17) is 4.74 Å². The Morgan fingerprint density at radius 1 is 1.12 bits per heavy atom. The number of rotatable bonds is 2. The van der Waals surface area contributed by atoms with E-state index < -0.39 is 0 Å². The third-order valence-corrected chi connectivity index (χ3v) is 5.63. The van der Waals surface area contributed by atoms with Gasteiger partial charge in [-0.05, 0) is 28.7 Å². The summed E-state index contributed by atoms with van der Waals surface area (Å²) in [5.74, 6) is 0.301. The van der Waals surface area contributed by atoms with Crippen molar-refractivity contribution in [2.24, 2.45) is 0 Å². The maximum absolute atomic E-state index is 12.6. The van der Waals surface area contributed by atoms with Gasteiger partial charge < -0.3 is 15.2 Å². The van der Waals surface area contributed by atoms with Gasteiger partial charge >= 0.3 is 6.09 Å². The Morgan fingerprint density at radius 3 is 2.46 bits per heavy atom. The Morgan fingerprint density at radius 2 is 1.77 bits per heavy atom. The number of carbonyl (C=O) groups is 1. The van der Waals surface area contributed by atoms with Crippen LogP contribution in [-0.2, 0) is 4.74 Å². The van der Waals surface area contributed by atoms with E-state index in [0.717, 1.165) is 6.42 Å². The largest absolute Gasteiger partial charge is 0.509 e. The summed E-state index contributed by atoms with van der Waals surface area (Å²) in [6.45, 7) is 1.30. The fraction of sp³-hybridized carbons (Fsp3) is 0.286. The smallest absolute Gasteiger partial charge is 0.414 e. The van der Waals surface area contributed by atoms with E-state index in [-0.39, 0.29) is 23.8 Å². The molecule has 1 aliphatic carbocycles. The van der Waals surface area contributed by atoms with Gasteiger partial charge in [0.1, 0.15) is 12.4 Å². The Labute approximate surface area is 151 Å². The summed E-state index contributed by atoms with van der Waals surface area (Å²) in [5.41, 5.74) is 5.51. The highest BCUT2D eigenvalue weighted by molar-refractivity contribution is 5.79. The number of amides is 1. The first-order chi connectivity index (χ1) is 12.7. The van der Waals surface area contributed by atoms with E-state index in [1.54, 1.807) is 4.90 Å². The van der Waals surface area contributed by atoms with E-state index in [2.05, 4.69) is 29.6 Å². The minimum absolute atomic E-state index is 0.0500. The predicted molar refractivity (Wildman–Crippen MR) is 97.8 cm³/mol. The van der Waals surface area contributed by atoms with Crippen molar-refractivity contribution in [3.05, 3.63) is 71.1 Å². The fourth-order valence-electron chi connectivity index (χ4n) is 4.43. The number of benzene rings is 2. The number of likely N-dealkylation sites (tertiary alicyclic amines) is 1. The monoisotopic (exact) mass is 348 g/mol. The Kier molecular flexibility index (Phi) is 3.50. The van der Waals surface area contributed by atoms with Crippen molar-refractivity contribution in [2.45, 2.75) is 18.4 Å². The molecular weight excluding hydrogens is 328 g/mol. The summed E-state index contributed by atoms with van der Waals surface area (Å²) in [7, 11) is 0. The second-order valence-electron chi connectivity index (χ2n) is 7.01. The molecular formula is C21H20N2O3. The lowest BCUT2D eigenvalue weighted by molar-refractivity contribution is 0.113. The van der Waals surface area contributed by atoms with Crippen LogP contribution in [0, 0.1) is 0 Å².